The van der Waals surface area contributed by atoms with Crippen molar-refractivity contribution in [1.82, 2.24) is 15.0 Å². The molecule has 0 bridgehead atoms. The highest BCUT2D eigenvalue weighted by atomic mass is 79.9. The molecule has 12 heavy (non-hydrogen) atoms. The molecule has 0 aliphatic carbocycles. The second-order valence-electron chi connectivity index (χ2n) is 2.18. The number of pyridine rings is 1. The second-order valence-corrected chi connectivity index (χ2v) is 3.42. The molecular weight excluding hydrogens is 241 g/mol. The Morgan fingerprint density at radius 1 is 1.25 bits per heavy atom. The lowest BCUT2D eigenvalue weighted by Crippen LogP contribution is -1.86. The minimum absolute atomic E-state index is 0.384. The molecule has 5 heteroatoms. The Hall–Kier alpha value is -0.740. The maximum Gasteiger partial charge on any atom is 0.148 e. The third-order valence-electron chi connectivity index (χ3n) is 1.38. The van der Waals surface area contributed by atoms with Crippen molar-refractivity contribution < 1.29 is 0 Å². The van der Waals surface area contributed by atoms with E-state index < -0.39 is 0 Å². The molecule has 0 saturated heterocycles. The molecule has 0 aromatic carbocycles. The summed E-state index contributed by atoms with van der Waals surface area (Å²) in [4.78, 5) is 12.1. The van der Waals surface area contributed by atoms with Crippen molar-refractivity contribution in [2.45, 2.75) is 0 Å². The zero-order valence-electron chi connectivity index (χ0n) is 5.83. The van der Waals surface area contributed by atoms with Crippen LogP contribution in [0.4, 0.5) is 0 Å². The van der Waals surface area contributed by atoms with E-state index in [0.717, 1.165) is 15.5 Å². The molecule has 2 aromatic heterocycles. The van der Waals surface area contributed by atoms with Gasteiger partial charge in [-0.25, -0.2) is 9.97 Å². The normalized spacial score (nSPS) is 10.5. The SMILES string of the molecule is Clc1cnc2cncc(Br)c2n1. The smallest absolute Gasteiger partial charge is 0.148 e. The Kier molecular flexibility index (Phi) is 1.94. The Morgan fingerprint density at radius 2 is 2.08 bits per heavy atom. The van der Waals surface area contributed by atoms with Crippen LogP contribution in [0.2, 0.25) is 5.15 Å². The predicted octanol–water partition coefficient (Wildman–Crippen LogP) is 2.44. The zero-order valence-corrected chi connectivity index (χ0v) is 8.17. The first-order chi connectivity index (χ1) is 5.77. The van der Waals surface area contributed by atoms with Crippen molar-refractivity contribution in [2.75, 3.05) is 0 Å². The lowest BCUT2D eigenvalue weighted by atomic mass is 10.4. The molecule has 0 aliphatic rings. The zero-order chi connectivity index (χ0) is 8.55. The average Bonchev–Trinajstić information content (AvgIpc) is 2.07. The van der Waals surface area contributed by atoms with Gasteiger partial charge in [0.1, 0.15) is 16.2 Å². The lowest BCUT2D eigenvalue weighted by molar-refractivity contribution is 1.24. The number of hydrogen-bond acceptors (Lipinski definition) is 3. The largest absolute Gasteiger partial charge is 0.261 e. The molecule has 0 atom stereocenters. The number of fused-ring (bicyclic) bond motifs is 1. The highest BCUT2D eigenvalue weighted by Crippen LogP contribution is 2.19. The van der Waals surface area contributed by atoms with Crippen molar-refractivity contribution in [1.29, 1.82) is 0 Å². The van der Waals surface area contributed by atoms with E-state index in [9.17, 15) is 0 Å². The monoisotopic (exact) mass is 243 g/mol. The van der Waals surface area contributed by atoms with Crippen LogP contribution in [0, 0.1) is 0 Å². The van der Waals surface area contributed by atoms with Gasteiger partial charge in [-0.15, -0.1) is 0 Å². The molecule has 0 aliphatic heterocycles. The molecular formula is C7H3BrClN3. The van der Waals surface area contributed by atoms with E-state index in [1.165, 1.54) is 6.20 Å². The van der Waals surface area contributed by atoms with Crippen LogP contribution in [0.5, 0.6) is 0 Å². The molecule has 2 heterocycles. The second kappa shape index (κ2) is 2.95. The van der Waals surface area contributed by atoms with E-state index in [2.05, 4.69) is 30.9 Å². The molecule has 2 aromatic rings. The minimum Gasteiger partial charge on any atom is -0.261 e. The molecule has 0 amide bonds. The Balaban J connectivity index is 2.88. The predicted molar refractivity (Wildman–Crippen MR) is 50.0 cm³/mol. The standard InChI is InChI=1S/C7H3BrClN3/c8-4-1-10-2-5-7(4)12-6(9)3-11-5/h1-3H. The van der Waals surface area contributed by atoms with Crippen molar-refractivity contribution in [3.05, 3.63) is 28.2 Å². The van der Waals surface area contributed by atoms with E-state index in [-0.39, 0.29) is 0 Å². The van der Waals surface area contributed by atoms with E-state index in [4.69, 9.17) is 11.6 Å². The topological polar surface area (TPSA) is 38.7 Å². The summed E-state index contributed by atoms with van der Waals surface area (Å²) < 4.78 is 0.801. The molecule has 0 unspecified atom stereocenters. The first-order valence-corrected chi connectivity index (χ1v) is 4.36. The number of nitrogens with zero attached hydrogens (tertiary/aromatic N) is 3. The quantitative estimate of drug-likeness (QED) is 0.714. The molecule has 60 valence electrons. The highest BCUT2D eigenvalue weighted by molar-refractivity contribution is 9.10. The summed E-state index contributed by atoms with van der Waals surface area (Å²) in [6.07, 6.45) is 4.80. The molecule has 2 rings (SSSR count). The van der Waals surface area contributed by atoms with E-state index >= 15 is 0 Å². The van der Waals surface area contributed by atoms with Gasteiger partial charge in [-0.3, -0.25) is 4.98 Å². The first kappa shape index (κ1) is 7.89. The third kappa shape index (κ3) is 1.28. The maximum absolute atomic E-state index is 5.68. The van der Waals surface area contributed by atoms with Gasteiger partial charge in [-0.2, -0.15) is 0 Å². The van der Waals surface area contributed by atoms with Crippen molar-refractivity contribution in [2.24, 2.45) is 0 Å². The van der Waals surface area contributed by atoms with Crippen LogP contribution in [0.1, 0.15) is 0 Å². The fourth-order valence-corrected chi connectivity index (χ4v) is 1.42. The summed E-state index contributed by atoms with van der Waals surface area (Å²) in [5.74, 6) is 0. The molecule has 0 radical (unpaired) electrons. The fourth-order valence-electron chi connectivity index (χ4n) is 0.882. The van der Waals surface area contributed by atoms with Crippen molar-refractivity contribution >= 4 is 38.6 Å². The van der Waals surface area contributed by atoms with Gasteiger partial charge in [0.05, 0.1) is 16.9 Å². The molecule has 0 N–H and O–H groups in total. The Bertz CT molecular complexity index is 432. The van der Waals surface area contributed by atoms with Crippen LogP contribution in [0.25, 0.3) is 11.0 Å². The molecule has 0 fully saturated rings. The molecule has 0 spiro atoms. The maximum atomic E-state index is 5.68. The van der Waals surface area contributed by atoms with Gasteiger partial charge in [0.15, 0.2) is 0 Å². The van der Waals surface area contributed by atoms with Crippen LogP contribution in [-0.2, 0) is 0 Å². The van der Waals surface area contributed by atoms with Crippen LogP contribution in [0.3, 0.4) is 0 Å². The highest BCUT2D eigenvalue weighted by Gasteiger charge is 2.01. The summed E-state index contributed by atoms with van der Waals surface area (Å²) in [7, 11) is 0. The van der Waals surface area contributed by atoms with Crippen LogP contribution in [-0.4, -0.2) is 15.0 Å². The number of aromatic nitrogens is 3. The average molecular weight is 244 g/mol. The fraction of sp³-hybridized carbons (Fsp3) is 0. The van der Waals surface area contributed by atoms with E-state index in [1.807, 2.05) is 0 Å². The summed E-state index contributed by atoms with van der Waals surface area (Å²) in [5.41, 5.74) is 1.46. The van der Waals surface area contributed by atoms with Crippen LogP contribution >= 0.6 is 27.5 Å². The Morgan fingerprint density at radius 3 is 2.92 bits per heavy atom. The van der Waals surface area contributed by atoms with E-state index in [1.54, 1.807) is 12.4 Å². The van der Waals surface area contributed by atoms with Gasteiger partial charge in [0.25, 0.3) is 0 Å². The number of halogens is 2. The first-order valence-electron chi connectivity index (χ1n) is 3.19. The van der Waals surface area contributed by atoms with Crippen molar-refractivity contribution in [3.63, 3.8) is 0 Å². The summed E-state index contributed by atoms with van der Waals surface area (Å²) >= 11 is 8.98. The lowest BCUT2D eigenvalue weighted by Gasteiger charge is -1.97. The number of rotatable bonds is 0. The van der Waals surface area contributed by atoms with E-state index in [0.29, 0.717) is 5.15 Å². The van der Waals surface area contributed by atoms with Gasteiger partial charge in [-0.1, -0.05) is 11.6 Å². The Labute approximate surface area is 81.9 Å². The van der Waals surface area contributed by atoms with Gasteiger partial charge >= 0.3 is 0 Å². The van der Waals surface area contributed by atoms with Gasteiger partial charge in [-0.05, 0) is 15.9 Å². The number of hydrogen-bond donors (Lipinski definition) is 0. The molecule has 3 nitrogen and oxygen atoms in total. The van der Waals surface area contributed by atoms with Crippen LogP contribution < -0.4 is 0 Å². The minimum atomic E-state index is 0.384. The third-order valence-corrected chi connectivity index (χ3v) is 2.14. The van der Waals surface area contributed by atoms with Gasteiger partial charge in [0.2, 0.25) is 0 Å². The summed E-state index contributed by atoms with van der Waals surface area (Å²) in [6.45, 7) is 0. The van der Waals surface area contributed by atoms with Gasteiger partial charge in [0, 0.05) is 6.20 Å². The van der Waals surface area contributed by atoms with Gasteiger partial charge < -0.3 is 0 Å². The van der Waals surface area contributed by atoms with Crippen molar-refractivity contribution in [3.8, 4) is 0 Å². The summed E-state index contributed by atoms with van der Waals surface area (Å²) in [6, 6.07) is 0. The van der Waals surface area contributed by atoms with Crippen LogP contribution in [0.15, 0.2) is 23.1 Å². The molecule has 0 saturated carbocycles. The summed E-state index contributed by atoms with van der Waals surface area (Å²) in [5, 5.41) is 0.384.